The second kappa shape index (κ2) is 13.9. The van der Waals surface area contributed by atoms with Crippen LogP contribution in [0.15, 0.2) is 30.3 Å². The van der Waals surface area contributed by atoms with Crippen LogP contribution in [0, 0.1) is 11.3 Å². The number of fused-ring (bicyclic) bond motifs is 1. The van der Waals surface area contributed by atoms with Gasteiger partial charge in [0.15, 0.2) is 6.10 Å². The highest BCUT2D eigenvalue weighted by molar-refractivity contribution is 5.93. The quantitative estimate of drug-likeness (QED) is 0.315. The molecule has 232 valence electrons. The predicted molar refractivity (Wildman–Crippen MR) is 158 cm³/mol. The fourth-order valence-corrected chi connectivity index (χ4v) is 6.29. The fourth-order valence-electron chi connectivity index (χ4n) is 6.29. The highest BCUT2D eigenvalue weighted by Gasteiger charge is 2.51. The average molecular weight is 585 g/mol. The number of benzene rings is 1. The first-order valence-corrected chi connectivity index (χ1v) is 15.6. The number of carbonyl (C=O) groups excluding carboxylic acids is 4. The molecule has 0 bridgehead atoms. The number of rotatable bonds is 11. The standard InChI is InChI=1S/C32H48N4O6/c1-5-11-23(26(37)29(39)33-22-16-17-22)34-28(38)25-18-21-14-9-10-15-24(21)36(25)30(40)27(32(2,3)4)35-31(41)42-19-20-12-7-6-8-13-20/h6-8,12-13,21-27,37H,5,9-11,14-19H2,1-4H3,(H,33,39)(H,34,38)(H,35,41)/t21-,23-,24-,25-,26?,27+/m0/s1. The first-order valence-electron chi connectivity index (χ1n) is 15.6. The van der Waals surface area contributed by atoms with Gasteiger partial charge in [-0.3, -0.25) is 14.4 Å². The lowest BCUT2D eigenvalue weighted by atomic mass is 9.83. The molecule has 3 aliphatic rings. The topological polar surface area (TPSA) is 137 Å². The Bertz CT molecular complexity index is 1100. The van der Waals surface area contributed by atoms with E-state index in [-0.39, 0.29) is 36.4 Å². The van der Waals surface area contributed by atoms with E-state index >= 15 is 0 Å². The van der Waals surface area contributed by atoms with Gasteiger partial charge in [-0.2, -0.15) is 0 Å². The number of ether oxygens (including phenoxy) is 1. The number of aliphatic hydroxyl groups excluding tert-OH is 1. The van der Waals surface area contributed by atoms with Crippen molar-refractivity contribution in [2.24, 2.45) is 11.3 Å². The van der Waals surface area contributed by atoms with Crippen molar-refractivity contribution in [3.05, 3.63) is 35.9 Å². The molecule has 4 amide bonds. The second-order valence-corrected chi connectivity index (χ2v) is 13.2. The van der Waals surface area contributed by atoms with Gasteiger partial charge < -0.3 is 30.7 Å². The summed E-state index contributed by atoms with van der Waals surface area (Å²) in [5.41, 5.74) is 0.181. The summed E-state index contributed by atoms with van der Waals surface area (Å²) in [5.74, 6) is -0.978. The molecule has 1 aliphatic heterocycles. The molecule has 0 radical (unpaired) electrons. The van der Waals surface area contributed by atoms with Gasteiger partial charge in [0.1, 0.15) is 18.7 Å². The Morgan fingerprint density at radius 2 is 1.71 bits per heavy atom. The van der Waals surface area contributed by atoms with Crippen LogP contribution >= 0.6 is 0 Å². The molecular formula is C32H48N4O6. The minimum absolute atomic E-state index is 0.0760. The molecule has 42 heavy (non-hydrogen) atoms. The van der Waals surface area contributed by atoms with Crippen molar-refractivity contribution in [2.75, 3.05) is 0 Å². The van der Waals surface area contributed by atoms with E-state index in [9.17, 15) is 24.3 Å². The highest BCUT2D eigenvalue weighted by Crippen LogP contribution is 2.41. The maximum absolute atomic E-state index is 14.3. The van der Waals surface area contributed by atoms with Gasteiger partial charge in [0.05, 0.1) is 6.04 Å². The van der Waals surface area contributed by atoms with Gasteiger partial charge in [0.25, 0.3) is 5.91 Å². The molecule has 0 spiro atoms. The van der Waals surface area contributed by atoms with Gasteiger partial charge in [-0.1, -0.05) is 77.3 Å². The maximum atomic E-state index is 14.3. The first kappa shape index (κ1) is 31.8. The molecule has 10 nitrogen and oxygen atoms in total. The van der Waals surface area contributed by atoms with Crippen LogP contribution in [0.25, 0.3) is 0 Å². The number of nitrogens with zero attached hydrogens (tertiary/aromatic N) is 1. The van der Waals surface area contributed by atoms with E-state index < -0.39 is 41.6 Å². The highest BCUT2D eigenvalue weighted by atomic mass is 16.5. The van der Waals surface area contributed by atoms with E-state index in [1.807, 2.05) is 58.0 Å². The molecule has 2 aliphatic carbocycles. The summed E-state index contributed by atoms with van der Waals surface area (Å²) in [4.78, 5) is 55.3. The molecule has 1 unspecified atom stereocenters. The summed E-state index contributed by atoms with van der Waals surface area (Å²) in [6.45, 7) is 7.64. The number of hydrogen-bond donors (Lipinski definition) is 4. The number of amides is 4. The molecule has 1 saturated heterocycles. The van der Waals surface area contributed by atoms with Gasteiger partial charge in [-0.05, 0) is 55.4 Å². The van der Waals surface area contributed by atoms with Crippen molar-refractivity contribution >= 4 is 23.8 Å². The summed E-state index contributed by atoms with van der Waals surface area (Å²) >= 11 is 0. The van der Waals surface area contributed by atoms with E-state index in [1.54, 1.807) is 4.90 Å². The number of nitrogens with one attached hydrogen (secondary N) is 3. The monoisotopic (exact) mass is 584 g/mol. The van der Waals surface area contributed by atoms with Crippen LogP contribution in [0.2, 0.25) is 0 Å². The van der Waals surface area contributed by atoms with Crippen LogP contribution in [0.5, 0.6) is 0 Å². The lowest BCUT2D eigenvalue weighted by Crippen LogP contribution is -2.61. The third kappa shape index (κ3) is 8.02. The molecule has 4 N–H and O–H groups in total. The number of likely N-dealkylation sites (tertiary alicyclic amines) is 1. The zero-order valence-corrected chi connectivity index (χ0v) is 25.4. The Morgan fingerprint density at radius 3 is 2.36 bits per heavy atom. The zero-order chi connectivity index (χ0) is 30.4. The van der Waals surface area contributed by atoms with Crippen LogP contribution < -0.4 is 16.0 Å². The number of aliphatic hydroxyl groups is 1. The molecule has 1 aromatic carbocycles. The van der Waals surface area contributed by atoms with Crippen LogP contribution in [-0.4, -0.2) is 70.1 Å². The second-order valence-electron chi connectivity index (χ2n) is 13.2. The number of alkyl carbamates (subject to hydrolysis) is 1. The van der Waals surface area contributed by atoms with Crippen molar-refractivity contribution in [3.8, 4) is 0 Å². The van der Waals surface area contributed by atoms with E-state index in [2.05, 4.69) is 16.0 Å². The molecule has 0 aromatic heterocycles. The summed E-state index contributed by atoms with van der Waals surface area (Å²) in [6, 6.07) is 6.87. The summed E-state index contributed by atoms with van der Waals surface area (Å²) in [5, 5.41) is 19.4. The molecule has 10 heteroatoms. The van der Waals surface area contributed by atoms with Gasteiger partial charge in [-0.15, -0.1) is 0 Å². The van der Waals surface area contributed by atoms with Crippen molar-refractivity contribution in [1.29, 1.82) is 0 Å². The number of carbonyl (C=O) groups is 4. The lowest BCUT2D eigenvalue weighted by molar-refractivity contribution is -0.145. The molecule has 2 saturated carbocycles. The maximum Gasteiger partial charge on any atom is 0.408 e. The Hall–Kier alpha value is -3.14. The smallest absolute Gasteiger partial charge is 0.408 e. The van der Waals surface area contributed by atoms with Gasteiger partial charge in [0, 0.05) is 12.1 Å². The third-order valence-corrected chi connectivity index (χ3v) is 8.73. The van der Waals surface area contributed by atoms with Crippen molar-refractivity contribution in [1.82, 2.24) is 20.9 Å². The van der Waals surface area contributed by atoms with Gasteiger partial charge >= 0.3 is 6.09 Å². The zero-order valence-electron chi connectivity index (χ0n) is 25.4. The summed E-state index contributed by atoms with van der Waals surface area (Å²) in [6.07, 6.45) is 5.06. The van der Waals surface area contributed by atoms with E-state index in [0.29, 0.717) is 19.3 Å². The first-order chi connectivity index (χ1) is 20.0. The van der Waals surface area contributed by atoms with Crippen molar-refractivity contribution < 1.29 is 29.0 Å². The van der Waals surface area contributed by atoms with E-state index in [0.717, 1.165) is 44.1 Å². The molecule has 6 atom stereocenters. The normalized spacial score (nSPS) is 24.1. The van der Waals surface area contributed by atoms with E-state index in [4.69, 9.17) is 4.74 Å². The SMILES string of the molecule is CCC[C@H](NC(=O)[C@@H]1C[C@@H]2CCCC[C@@H]2N1C(=O)[C@@H](NC(=O)OCc1ccccc1)C(C)(C)C)C(O)C(=O)NC1CC1. The molecule has 4 rings (SSSR count). The number of hydrogen-bond acceptors (Lipinski definition) is 6. The molecular weight excluding hydrogens is 536 g/mol. The van der Waals surface area contributed by atoms with E-state index in [1.165, 1.54) is 0 Å². The van der Waals surface area contributed by atoms with Gasteiger partial charge in [0.2, 0.25) is 11.8 Å². The Balaban J connectivity index is 1.50. The predicted octanol–water partition coefficient (Wildman–Crippen LogP) is 3.41. The Kier molecular flexibility index (Phi) is 10.5. The largest absolute Gasteiger partial charge is 0.445 e. The van der Waals surface area contributed by atoms with Crippen LogP contribution in [0.3, 0.4) is 0 Å². The Morgan fingerprint density at radius 1 is 1.02 bits per heavy atom. The van der Waals surface area contributed by atoms with Gasteiger partial charge in [-0.25, -0.2) is 4.79 Å². The fraction of sp³-hybridized carbons (Fsp3) is 0.688. The third-order valence-electron chi connectivity index (χ3n) is 8.73. The summed E-state index contributed by atoms with van der Waals surface area (Å²) in [7, 11) is 0. The molecule has 3 fully saturated rings. The minimum Gasteiger partial charge on any atom is -0.445 e. The van der Waals surface area contributed by atoms with Crippen molar-refractivity contribution in [2.45, 2.75) is 128 Å². The average Bonchev–Trinajstić information content (AvgIpc) is 3.69. The van der Waals surface area contributed by atoms with Crippen LogP contribution in [0.4, 0.5) is 4.79 Å². The lowest BCUT2D eigenvalue weighted by Gasteiger charge is -2.39. The van der Waals surface area contributed by atoms with Crippen LogP contribution in [-0.2, 0) is 25.7 Å². The Labute approximate surface area is 249 Å². The molecule has 1 heterocycles. The van der Waals surface area contributed by atoms with Crippen LogP contribution in [0.1, 0.15) is 91.0 Å². The summed E-state index contributed by atoms with van der Waals surface area (Å²) < 4.78 is 5.44. The van der Waals surface area contributed by atoms with Crippen molar-refractivity contribution in [3.63, 3.8) is 0 Å². The molecule has 1 aromatic rings. The minimum atomic E-state index is -1.37.